The normalized spacial score (nSPS) is 22.1. The Balaban J connectivity index is 1.47. The van der Waals surface area contributed by atoms with E-state index in [0.29, 0.717) is 23.8 Å². The first-order valence-corrected chi connectivity index (χ1v) is 11.9. The molecular weight excluding hydrogens is 435 g/mol. The highest BCUT2D eigenvalue weighted by molar-refractivity contribution is 6.04. The third-order valence-corrected chi connectivity index (χ3v) is 7.73. The van der Waals surface area contributed by atoms with Crippen LogP contribution in [0.4, 0.5) is 15.8 Å². The van der Waals surface area contributed by atoms with Crippen LogP contribution >= 0.6 is 0 Å². The van der Waals surface area contributed by atoms with Crippen molar-refractivity contribution in [3.8, 4) is 5.75 Å². The standard InChI is InChI=1S/C26H27FN4O3/c1-14(32)17-12-31-23-19(24(17)33)21(28)20(27)22(25(23)34-13-26(31)7-3-4-8-26)30-18-11-15(18)10-16-6-2-5-9-29-16/h2,5-6,9,12,15,18,30H,3-4,7-8,10-11,13,28H2,1H3/t15-,18-/m1/s1. The van der Waals surface area contributed by atoms with Crippen molar-refractivity contribution in [1.82, 2.24) is 9.55 Å². The molecule has 7 nitrogen and oxygen atoms in total. The van der Waals surface area contributed by atoms with Gasteiger partial charge < -0.3 is 20.4 Å². The number of Topliss-reactive ketones (excluding diaryl/α,β-unsaturated/α-hetero) is 1. The summed E-state index contributed by atoms with van der Waals surface area (Å²) in [6.45, 7) is 1.73. The molecule has 3 aliphatic rings. The fraction of sp³-hybridized carbons (Fsp3) is 0.423. The van der Waals surface area contributed by atoms with Crippen LogP contribution in [0.5, 0.6) is 5.75 Å². The van der Waals surface area contributed by atoms with Gasteiger partial charge in [-0.05, 0) is 50.7 Å². The van der Waals surface area contributed by atoms with Crippen molar-refractivity contribution in [1.29, 1.82) is 0 Å². The molecule has 8 heteroatoms. The first-order valence-electron chi connectivity index (χ1n) is 11.9. The fourth-order valence-electron chi connectivity index (χ4n) is 5.76. The topological polar surface area (TPSA) is 99.2 Å². The van der Waals surface area contributed by atoms with Gasteiger partial charge in [-0.25, -0.2) is 4.39 Å². The van der Waals surface area contributed by atoms with Gasteiger partial charge in [0, 0.05) is 24.1 Å². The van der Waals surface area contributed by atoms with E-state index >= 15 is 4.39 Å². The van der Waals surface area contributed by atoms with Crippen LogP contribution in [0.1, 0.15) is 55.1 Å². The van der Waals surface area contributed by atoms with Crippen LogP contribution in [-0.2, 0) is 12.0 Å². The average Bonchev–Trinajstić information content (AvgIpc) is 3.37. The molecule has 176 valence electrons. The molecule has 1 aromatic carbocycles. The number of aromatic nitrogens is 2. The predicted octanol–water partition coefficient (Wildman–Crippen LogP) is 4.03. The van der Waals surface area contributed by atoms with Crippen molar-refractivity contribution in [3.63, 3.8) is 0 Å². The van der Waals surface area contributed by atoms with E-state index in [4.69, 9.17) is 10.5 Å². The van der Waals surface area contributed by atoms with Crippen molar-refractivity contribution >= 4 is 28.1 Å². The molecule has 1 spiro atoms. The Kier molecular flexibility index (Phi) is 4.69. The first kappa shape index (κ1) is 21.1. The number of nitrogen functional groups attached to an aromatic ring is 1. The molecule has 2 aliphatic carbocycles. The van der Waals surface area contributed by atoms with E-state index in [1.165, 1.54) is 6.92 Å². The first-order chi connectivity index (χ1) is 16.4. The maximum atomic E-state index is 15.6. The largest absolute Gasteiger partial charge is 0.487 e. The quantitative estimate of drug-likeness (QED) is 0.439. The minimum absolute atomic E-state index is 0.0380. The number of halogens is 1. The summed E-state index contributed by atoms with van der Waals surface area (Å²) in [5.41, 5.74) is 6.85. The van der Waals surface area contributed by atoms with Crippen LogP contribution in [0, 0.1) is 11.7 Å². The molecule has 1 aliphatic heterocycles. The third-order valence-electron chi connectivity index (χ3n) is 7.73. The van der Waals surface area contributed by atoms with Gasteiger partial charge in [-0.2, -0.15) is 0 Å². The van der Waals surface area contributed by atoms with Gasteiger partial charge in [0.05, 0.1) is 27.7 Å². The van der Waals surface area contributed by atoms with E-state index in [9.17, 15) is 9.59 Å². The van der Waals surface area contributed by atoms with Gasteiger partial charge in [-0.15, -0.1) is 0 Å². The monoisotopic (exact) mass is 462 g/mol. The lowest BCUT2D eigenvalue weighted by Gasteiger charge is -2.39. The van der Waals surface area contributed by atoms with Gasteiger partial charge in [-0.1, -0.05) is 18.9 Å². The Labute approximate surface area is 196 Å². The van der Waals surface area contributed by atoms with E-state index < -0.39 is 11.2 Å². The van der Waals surface area contributed by atoms with Crippen LogP contribution in [0.25, 0.3) is 10.9 Å². The zero-order valence-corrected chi connectivity index (χ0v) is 19.1. The van der Waals surface area contributed by atoms with Gasteiger partial charge in [0.15, 0.2) is 17.3 Å². The summed E-state index contributed by atoms with van der Waals surface area (Å²) in [5.74, 6) is -0.410. The van der Waals surface area contributed by atoms with Gasteiger partial charge in [0.25, 0.3) is 0 Å². The Morgan fingerprint density at radius 1 is 1.35 bits per heavy atom. The highest BCUT2D eigenvalue weighted by Crippen LogP contribution is 2.50. The van der Waals surface area contributed by atoms with Crippen LogP contribution in [0.2, 0.25) is 0 Å². The summed E-state index contributed by atoms with van der Waals surface area (Å²) < 4.78 is 23.9. The predicted molar refractivity (Wildman–Crippen MR) is 128 cm³/mol. The number of anilines is 2. The zero-order valence-electron chi connectivity index (χ0n) is 19.1. The van der Waals surface area contributed by atoms with E-state index in [0.717, 1.165) is 44.2 Å². The van der Waals surface area contributed by atoms with Gasteiger partial charge in [0.1, 0.15) is 12.3 Å². The van der Waals surface area contributed by atoms with Gasteiger partial charge in [-0.3, -0.25) is 14.6 Å². The highest BCUT2D eigenvalue weighted by Gasteiger charge is 2.44. The number of carbonyl (C=O) groups excluding carboxylic acids is 1. The molecule has 2 aromatic heterocycles. The summed E-state index contributed by atoms with van der Waals surface area (Å²) in [7, 11) is 0. The van der Waals surface area contributed by atoms with Gasteiger partial charge >= 0.3 is 0 Å². The molecule has 34 heavy (non-hydrogen) atoms. The molecule has 3 aromatic rings. The number of ketones is 1. The Morgan fingerprint density at radius 3 is 2.85 bits per heavy atom. The summed E-state index contributed by atoms with van der Waals surface area (Å²) in [6.07, 6.45) is 8.90. The molecule has 0 amide bonds. The summed E-state index contributed by atoms with van der Waals surface area (Å²) in [6, 6.07) is 5.90. The lowest BCUT2D eigenvalue weighted by atomic mass is 9.93. The number of ether oxygens (including phenoxy) is 1. The molecule has 0 saturated heterocycles. The average molecular weight is 463 g/mol. The number of nitrogens with two attached hydrogens (primary N) is 1. The fourth-order valence-corrected chi connectivity index (χ4v) is 5.76. The number of hydrogen-bond acceptors (Lipinski definition) is 6. The number of pyridine rings is 2. The minimum atomic E-state index is -0.697. The highest BCUT2D eigenvalue weighted by atomic mass is 19.1. The molecule has 2 fully saturated rings. The van der Waals surface area contributed by atoms with Crippen molar-refractivity contribution in [2.75, 3.05) is 17.7 Å². The molecule has 3 heterocycles. The molecule has 3 N–H and O–H groups in total. The maximum absolute atomic E-state index is 15.6. The maximum Gasteiger partial charge on any atom is 0.202 e. The van der Waals surface area contributed by atoms with E-state index in [2.05, 4.69) is 10.3 Å². The van der Waals surface area contributed by atoms with E-state index in [-0.39, 0.29) is 39.7 Å². The number of fused-ring (bicyclic) bond motifs is 1. The third kappa shape index (κ3) is 3.11. The number of benzene rings is 1. The minimum Gasteiger partial charge on any atom is -0.487 e. The molecule has 2 saturated carbocycles. The number of hydrogen-bond donors (Lipinski definition) is 2. The van der Waals surface area contributed by atoms with Crippen molar-refractivity contribution in [2.45, 2.75) is 57.0 Å². The van der Waals surface area contributed by atoms with Crippen molar-refractivity contribution in [3.05, 3.63) is 57.9 Å². The summed E-state index contributed by atoms with van der Waals surface area (Å²) in [5, 5.41) is 3.35. The molecular formula is C26H27FN4O3. The van der Waals surface area contributed by atoms with E-state index in [1.807, 2.05) is 22.8 Å². The second-order valence-electron chi connectivity index (χ2n) is 9.95. The molecule has 6 rings (SSSR count). The number of nitrogens with zero attached hydrogens (tertiary/aromatic N) is 2. The number of rotatable bonds is 5. The van der Waals surface area contributed by atoms with Crippen LogP contribution in [0.15, 0.2) is 35.4 Å². The Morgan fingerprint density at radius 2 is 2.15 bits per heavy atom. The van der Waals surface area contributed by atoms with Crippen molar-refractivity contribution < 1.29 is 13.9 Å². The number of nitrogens with one attached hydrogen (secondary N) is 1. The van der Waals surface area contributed by atoms with Crippen LogP contribution in [-0.4, -0.2) is 28.0 Å². The van der Waals surface area contributed by atoms with Crippen LogP contribution in [0.3, 0.4) is 0 Å². The Hall–Kier alpha value is -3.42. The Bertz CT molecular complexity index is 1380. The summed E-state index contributed by atoms with van der Waals surface area (Å²) >= 11 is 0. The second-order valence-corrected chi connectivity index (χ2v) is 9.95. The van der Waals surface area contributed by atoms with E-state index in [1.54, 1.807) is 12.4 Å². The zero-order chi connectivity index (χ0) is 23.6. The molecule has 0 radical (unpaired) electrons. The smallest absolute Gasteiger partial charge is 0.202 e. The van der Waals surface area contributed by atoms with Crippen molar-refractivity contribution in [2.24, 2.45) is 5.92 Å². The lowest BCUT2D eigenvalue weighted by Crippen LogP contribution is -2.42. The van der Waals surface area contributed by atoms with Gasteiger partial charge in [0.2, 0.25) is 5.43 Å². The second kappa shape index (κ2) is 7.55. The summed E-state index contributed by atoms with van der Waals surface area (Å²) in [4.78, 5) is 29.9. The number of carbonyl (C=O) groups is 1. The molecule has 2 atom stereocenters. The lowest BCUT2D eigenvalue weighted by molar-refractivity contribution is 0.101. The molecule has 0 bridgehead atoms. The van der Waals surface area contributed by atoms with Crippen LogP contribution < -0.4 is 21.2 Å². The molecule has 0 unspecified atom stereocenters. The SMILES string of the molecule is CC(=O)c1cn2c3c(c(N[C@@H]4C[C@H]4Cc4ccccn4)c(F)c(N)c3c1=O)OCC21CCCC1.